The fourth-order valence-electron chi connectivity index (χ4n) is 2.51. The van der Waals surface area contributed by atoms with Crippen LogP contribution in [0, 0.1) is 0 Å². The van der Waals surface area contributed by atoms with Gasteiger partial charge < -0.3 is 19.7 Å². The lowest BCUT2D eigenvalue weighted by Gasteiger charge is -2.34. The molecule has 1 atom stereocenters. The number of hydrogen-bond donors (Lipinski definition) is 1. The molecule has 0 saturated heterocycles. The summed E-state index contributed by atoms with van der Waals surface area (Å²) in [5.41, 5.74) is 0.419. The maximum absolute atomic E-state index is 12.4. The van der Waals surface area contributed by atoms with Gasteiger partial charge in [-0.3, -0.25) is 9.59 Å². The van der Waals surface area contributed by atoms with Crippen LogP contribution in [0.15, 0.2) is 18.2 Å². The number of amides is 2. The summed E-state index contributed by atoms with van der Waals surface area (Å²) in [5.74, 6) is 0.0411. The molecule has 0 saturated carbocycles. The van der Waals surface area contributed by atoms with E-state index in [0.29, 0.717) is 18.0 Å². The molecule has 1 N–H and O–H groups in total. The summed E-state index contributed by atoms with van der Waals surface area (Å²) in [6.45, 7) is 9.85. The molecule has 1 unspecified atom stereocenters. The number of carbonyl (C=O) groups is 2. The number of benzene rings is 1. The number of ether oxygens (including phenoxy) is 2. The monoisotopic (exact) mass is 336 g/mol. The fraction of sp³-hybridized carbons (Fsp3) is 0.556. The lowest BCUT2D eigenvalue weighted by atomic mass is 10.1. The lowest BCUT2D eigenvalue weighted by Crippen LogP contribution is -2.51. The molecule has 0 aromatic heterocycles. The van der Waals surface area contributed by atoms with Crippen LogP contribution in [0.3, 0.4) is 0 Å². The summed E-state index contributed by atoms with van der Waals surface area (Å²) in [6, 6.07) is 5.06. The van der Waals surface area contributed by atoms with E-state index in [9.17, 15) is 9.59 Å². The summed E-state index contributed by atoms with van der Waals surface area (Å²) < 4.78 is 10.5. The van der Waals surface area contributed by atoms with Crippen molar-refractivity contribution >= 4 is 11.8 Å². The number of methoxy groups -OCH3 is 2. The van der Waals surface area contributed by atoms with Gasteiger partial charge in [0.05, 0.1) is 20.3 Å². The van der Waals surface area contributed by atoms with Crippen LogP contribution in [-0.4, -0.2) is 43.0 Å². The number of hydrogen-bond acceptors (Lipinski definition) is 4. The van der Waals surface area contributed by atoms with Crippen LogP contribution in [0.1, 0.15) is 46.2 Å². The van der Waals surface area contributed by atoms with Crippen molar-refractivity contribution in [2.75, 3.05) is 20.8 Å². The molecule has 0 heterocycles. The third kappa shape index (κ3) is 4.63. The summed E-state index contributed by atoms with van der Waals surface area (Å²) in [7, 11) is 3.12. The van der Waals surface area contributed by atoms with Crippen molar-refractivity contribution in [1.82, 2.24) is 10.2 Å². The highest BCUT2D eigenvalue weighted by Crippen LogP contribution is 2.29. The SMILES string of the molecule is CCN(C(=O)C(=O)NC(C)c1ccc(OC)c(OC)c1)C(C)(C)C. The van der Waals surface area contributed by atoms with Gasteiger partial charge in [0.15, 0.2) is 11.5 Å². The van der Waals surface area contributed by atoms with Gasteiger partial charge >= 0.3 is 11.8 Å². The predicted molar refractivity (Wildman–Crippen MR) is 93.2 cm³/mol. The minimum Gasteiger partial charge on any atom is -0.493 e. The standard InChI is InChI=1S/C18H28N2O4/c1-8-20(18(3,4)5)17(22)16(21)19-12(2)13-9-10-14(23-6)15(11-13)24-7/h9-12H,8H2,1-7H3,(H,19,21). The molecule has 0 aliphatic carbocycles. The zero-order chi connectivity index (χ0) is 18.5. The second-order valence-corrected chi connectivity index (χ2v) is 6.53. The van der Waals surface area contributed by atoms with Crippen LogP contribution in [0.25, 0.3) is 0 Å². The zero-order valence-corrected chi connectivity index (χ0v) is 15.6. The van der Waals surface area contributed by atoms with Crippen molar-refractivity contribution in [2.24, 2.45) is 0 Å². The largest absolute Gasteiger partial charge is 0.493 e. The predicted octanol–water partition coefficient (Wildman–Crippen LogP) is 2.53. The first kappa shape index (κ1) is 19.8. The molecule has 1 rings (SSSR count). The van der Waals surface area contributed by atoms with Gasteiger partial charge in [-0.05, 0) is 52.3 Å². The number of carbonyl (C=O) groups excluding carboxylic acids is 2. The Morgan fingerprint density at radius 2 is 1.75 bits per heavy atom. The molecular weight excluding hydrogens is 308 g/mol. The first-order chi connectivity index (χ1) is 11.1. The van der Waals surface area contributed by atoms with Crippen LogP contribution in [0.5, 0.6) is 11.5 Å². The van der Waals surface area contributed by atoms with Crippen LogP contribution in [0.4, 0.5) is 0 Å². The Bertz CT molecular complexity index is 593. The average Bonchev–Trinajstić information content (AvgIpc) is 2.53. The number of nitrogens with zero attached hydrogens (tertiary/aromatic N) is 1. The van der Waals surface area contributed by atoms with Gasteiger partial charge in [-0.25, -0.2) is 0 Å². The quantitative estimate of drug-likeness (QED) is 0.839. The normalized spacial score (nSPS) is 12.3. The summed E-state index contributed by atoms with van der Waals surface area (Å²) in [5, 5.41) is 2.75. The van der Waals surface area contributed by atoms with E-state index in [0.717, 1.165) is 5.56 Å². The number of nitrogens with one attached hydrogen (secondary N) is 1. The second-order valence-electron chi connectivity index (χ2n) is 6.53. The van der Waals surface area contributed by atoms with Crippen LogP contribution >= 0.6 is 0 Å². The molecular formula is C18H28N2O4. The van der Waals surface area contributed by atoms with Gasteiger partial charge in [0, 0.05) is 12.1 Å². The van der Waals surface area contributed by atoms with Crippen molar-refractivity contribution in [2.45, 2.75) is 46.2 Å². The summed E-state index contributed by atoms with van der Waals surface area (Å²) >= 11 is 0. The third-order valence-corrected chi connectivity index (χ3v) is 3.82. The highest BCUT2D eigenvalue weighted by molar-refractivity contribution is 6.35. The highest BCUT2D eigenvalue weighted by atomic mass is 16.5. The average molecular weight is 336 g/mol. The molecule has 6 nitrogen and oxygen atoms in total. The topological polar surface area (TPSA) is 67.9 Å². The molecule has 0 fully saturated rings. The molecule has 1 aromatic carbocycles. The van der Waals surface area contributed by atoms with Gasteiger partial charge in [0.2, 0.25) is 0 Å². The van der Waals surface area contributed by atoms with Crippen molar-refractivity contribution in [1.29, 1.82) is 0 Å². The second kappa shape index (κ2) is 8.04. The van der Waals surface area contributed by atoms with Crippen LogP contribution in [0.2, 0.25) is 0 Å². The van der Waals surface area contributed by atoms with Crippen LogP contribution < -0.4 is 14.8 Å². The summed E-state index contributed by atoms with van der Waals surface area (Å²) in [6.07, 6.45) is 0. The van der Waals surface area contributed by atoms with E-state index in [1.165, 1.54) is 0 Å². The Hall–Kier alpha value is -2.24. The molecule has 0 aliphatic heterocycles. The molecule has 2 amide bonds. The van der Waals surface area contributed by atoms with Gasteiger partial charge in [-0.15, -0.1) is 0 Å². The smallest absolute Gasteiger partial charge is 0.312 e. The maximum atomic E-state index is 12.4. The van der Waals surface area contributed by atoms with Gasteiger partial charge in [0.25, 0.3) is 0 Å². The van der Waals surface area contributed by atoms with Crippen molar-refractivity contribution < 1.29 is 19.1 Å². The van der Waals surface area contributed by atoms with Crippen molar-refractivity contribution in [3.63, 3.8) is 0 Å². The van der Waals surface area contributed by atoms with E-state index < -0.39 is 17.4 Å². The Balaban J connectivity index is 2.89. The molecule has 24 heavy (non-hydrogen) atoms. The lowest BCUT2D eigenvalue weighted by molar-refractivity contribution is -0.149. The number of rotatable bonds is 5. The van der Waals surface area contributed by atoms with E-state index in [1.54, 1.807) is 31.3 Å². The Labute approximate surface area is 144 Å². The molecule has 0 bridgehead atoms. The van der Waals surface area contributed by atoms with Crippen molar-refractivity contribution in [3.8, 4) is 11.5 Å². The first-order valence-corrected chi connectivity index (χ1v) is 8.00. The maximum Gasteiger partial charge on any atom is 0.312 e. The Kier molecular flexibility index (Phi) is 6.63. The van der Waals surface area contributed by atoms with E-state index in [4.69, 9.17) is 9.47 Å². The summed E-state index contributed by atoms with van der Waals surface area (Å²) in [4.78, 5) is 26.2. The molecule has 0 aliphatic rings. The molecule has 1 aromatic rings. The van der Waals surface area contributed by atoms with Crippen LogP contribution in [-0.2, 0) is 9.59 Å². The third-order valence-electron chi connectivity index (χ3n) is 3.82. The highest BCUT2D eigenvalue weighted by Gasteiger charge is 2.30. The van der Waals surface area contributed by atoms with E-state index in [2.05, 4.69) is 5.32 Å². The minimum absolute atomic E-state index is 0.333. The van der Waals surface area contributed by atoms with E-state index >= 15 is 0 Å². The molecule has 0 radical (unpaired) electrons. The molecule has 6 heteroatoms. The Morgan fingerprint density at radius 3 is 2.21 bits per heavy atom. The van der Waals surface area contributed by atoms with E-state index in [1.807, 2.05) is 40.7 Å². The Morgan fingerprint density at radius 1 is 1.17 bits per heavy atom. The van der Waals surface area contributed by atoms with Crippen molar-refractivity contribution in [3.05, 3.63) is 23.8 Å². The van der Waals surface area contributed by atoms with E-state index in [-0.39, 0.29) is 6.04 Å². The van der Waals surface area contributed by atoms with Gasteiger partial charge in [-0.1, -0.05) is 6.07 Å². The number of likely N-dealkylation sites (N-methyl/N-ethyl adjacent to an activating group) is 1. The fourth-order valence-corrected chi connectivity index (χ4v) is 2.51. The minimum atomic E-state index is -0.617. The molecule has 0 spiro atoms. The first-order valence-electron chi connectivity index (χ1n) is 8.00. The zero-order valence-electron chi connectivity index (χ0n) is 15.6. The molecule has 134 valence electrons. The van der Waals surface area contributed by atoms with Gasteiger partial charge in [-0.2, -0.15) is 0 Å². The van der Waals surface area contributed by atoms with Gasteiger partial charge in [0.1, 0.15) is 0 Å².